The Morgan fingerprint density at radius 3 is 2.59 bits per heavy atom. The molecule has 7 atom stereocenters. The predicted molar refractivity (Wildman–Crippen MR) is 92.1 cm³/mol. The minimum atomic E-state index is -0.815. The Kier molecular flexibility index (Phi) is 3.83. The number of carbonyl (C=O) groups is 3. The predicted octanol–water partition coefficient (Wildman–Crippen LogP) is 1.30. The van der Waals surface area contributed by atoms with Crippen LogP contribution in [0.25, 0.3) is 0 Å². The van der Waals surface area contributed by atoms with Crippen molar-refractivity contribution >= 4 is 17.9 Å². The van der Waals surface area contributed by atoms with E-state index >= 15 is 0 Å². The minimum absolute atomic E-state index is 0.184. The van der Waals surface area contributed by atoms with Gasteiger partial charge < -0.3 is 19.3 Å². The van der Waals surface area contributed by atoms with Gasteiger partial charge in [-0.05, 0) is 43.9 Å². The van der Waals surface area contributed by atoms with Gasteiger partial charge in [-0.3, -0.25) is 9.59 Å². The Morgan fingerprint density at radius 1 is 1.26 bits per heavy atom. The minimum Gasteiger partial charge on any atom is -0.469 e. The first-order valence-electron chi connectivity index (χ1n) is 9.23. The number of fused-ring (bicyclic) bond motifs is 2. The van der Waals surface area contributed by atoms with Crippen molar-refractivity contribution in [1.82, 2.24) is 0 Å². The van der Waals surface area contributed by atoms with Crippen molar-refractivity contribution in [2.75, 3.05) is 7.11 Å². The number of esters is 3. The van der Waals surface area contributed by atoms with Crippen LogP contribution in [0.2, 0.25) is 0 Å². The zero-order valence-electron chi connectivity index (χ0n) is 15.9. The van der Waals surface area contributed by atoms with Crippen LogP contribution in [0.4, 0.5) is 0 Å². The molecule has 4 unspecified atom stereocenters. The van der Waals surface area contributed by atoms with Crippen LogP contribution in [-0.4, -0.2) is 48.4 Å². The Morgan fingerprint density at radius 2 is 1.93 bits per heavy atom. The van der Waals surface area contributed by atoms with E-state index in [1.165, 1.54) is 13.2 Å². The molecule has 2 aliphatic heterocycles. The summed E-state index contributed by atoms with van der Waals surface area (Å²) in [6.45, 7) is 5.43. The number of methoxy groups -OCH3 is 1. The second-order valence-electron chi connectivity index (χ2n) is 8.59. The van der Waals surface area contributed by atoms with Crippen LogP contribution in [-0.2, 0) is 28.6 Å². The highest BCUT2D eigenvalue weighted by Crippen LogP contribution is 2.64. The summed E-state index contributed by atoms with van der Waals surface area (Å²) in [6, 6.07) is 0. The summed E-state index contributed by atoms with van der Waals surface area (Å²) in [5.74, 6) is -2.24. The molecule has 0 aromatic rings. The van der Waals surface area contributed by atoms with Gasteiger partial charge in [0.2, 0.25) is 0 Å². The Labute approximate surface area is 157 Å². The van der Waals surface area contributed by atoms with Crippen LogP contribution in [0.15, 0.2) is 23.3 Å². The third kappa shape index (κ3) is 2.33. The zero-order chi connectivity index (χ0) is 19.7. The number of cyclic esters (lactones) is 1. The maximum atomic E-state index is 12.6. The van der Waals surface area contributed by atoms with Crippen LogP contribution >= 0.6 is 0 Å². The molecule has 1 saturated heterocycles. The van der Waals surface area contributed by atoms with E-state index < -0.39 is 47.0 Å². The van der Waals surface area contributed by atoms with Gasteiger partial charge in [-0.15, -0.1) is 0 Å². The van der Waals surface area contributed by atoms with Gasteiger partial charge in [0, 0.05) is 17.4 Å². The first kappa shape index (κ1) is 18.2. The summed E-state index contributed by atoms with van der Waals surface area (Å²) in [5, 5.41) is 10.5. The van der Waals surface area contributed by atoms with E-state index in [9.17, 15) is 19.5 Å². The van der Waals surface area contributed by atoms with E-state index in [4.69, 9.17) is 14.2 Å². The highest BCUT2D eigenvalue weighted by molar-refractivity contribution is 5.89. The van der Waals surface area contributed by atoms with Crippen molar-refractivity contribution in [2.45, 2.75) is 51.9 Å². The normalized spacial score (nSPS) is 43.4. The molecule has 2 aliphatic carbocycles. The van der Waals surface area contributed by atoms with E-state index in [0.29, 0.717) is 18.4 Å². The summed E-state index contributed by atoms with van der Waals surface area (Å²) in [7, 11) is 1.29. The summed E-state index contributed by atoms with van der Waals surface area (Å²) in [5.41, 5.74) is -0.0579. The van der Waals surface area contributed by atoms with Crippen molar-refractivity contribution in [3.63, 3.8) is 0 Å². The van der Waals surface area contributed by atoms with Gasteiger partial charge >= 0.3 is 17.9 Å². The van der Waals surface area contributed by atoms with Gasteiger partial charge in [-0.25, -0.2) is 4.79 Å². The molecule has 2 fully saturated rings. The molecule has 4 aliphatic rings. The zero-order valence-corrected chi connectivity index (χ0v) is 15.9. The fraction of sp³-hybridized carbons (Fsp3) is 0.650. The van der Waals surface area contributed by atoms with Crippen LogP contribution < -0.4 is 0 Å². The third-order valence-electron chi connectivity index (χ3n) is 6.84. The molecule has 0 radical (unpaired) electrons. The summed E-state index contributed by atoms with van der Waals surface area (Å²) >= 11 is 0. The molecule has 7 nitrogen and oxygen atoms in total. The van der Waals surface area contributed by atoms with Crippen LogP contribution in [0.5, 0.6) is 0 Å². The van der Waals surface area contributed by atoms with E-state index in [-0.39, 0.29) is 11.9 Å². The third-order valence-corrected chi connectivity index (χ3v) is 6.84. The summed E-state index contributed by atoms with van der Waals surface area (Å²) in [4.78, 5) is 37.1. The quantitative estimate of drug-likeness (QED) is 0.573. The van der Waals surface area contributed by atoms with Gasteiger partial charge in [0.15, 0.2) is 0 Å². The maximum absolute atomic E-state index is 12.6. The van der Waals surface area contributed by atoms with E-state index in [2.05, 4.69) is 0 Å². The van der Waals surface area contributed by atoms with Gasteiger partial charge in [0.1, 0.15) is 12.2 Å². The van der Waals surface area contributed by atoms with Gasteiger partial charge in [0.05, 0.1) is 24.5 Å². The average molecular weight is 376 g/mol. The first-order valence-corrected chi connectivity index (χ1v) is 9.23. The lowest BCUT2D eigenvalue weighted by molar-refractivity contribution is -0.155. The largest absolute Gasteiger partial charge is 0.469 e. The summed E-state index contributed by atoms with van der Waals surface area (Å²) in [6.07, 6.45) is 2.03. The lowest BCUT2D eigenvalue weighted by Gasteiger charge is -2.54. The smallest absolute Gasteiger partial charge is 0.331 e. The topological polar surface area (TPSA) is 99.1 Å². The number of rotatable bonds is 2. The second kappa shape index (κ2) is 5.67. The molecule has 1 N–H and O–H groups in total. The highest BCUT2D eigenvalue weighted by Gasteiger charge is 2.67. The highest BCUT2D eigenvalue weighted by atomic mass is 16.6. The number of carbonyl (C=O) groups excluding carboxylic acids is 3. The molecular weight excluding hydrogens is 352 g/mol. The molecule has 1 saturated carbocycles. The fourth-order valence-corrected chi connectivity index (χ4v) is 5.79. The number of hydrogen-bond acceptors (Lipinski definition) is 7. The SMILES string of the molecule is COC(=O)C(C)C1OC(=O)C=C2C1=CC1OC(=O)[C@@]3(C)C[C@@H](O)C[C@@]2(C)C13. The number of ether oxygens (including phenoxy) is 3. The lowest BCUT2D eigenvalue weighted by Crippen LogP contribution is -2.55. The van der Waals surface area contributed by atoms with Crippen molar-refractivity contribution in [1.29, 1.82) is 0 Å². The van der Waals surface area contributed by atoms with E-state index in [1.807, 2.05) is 19.9 Å². The summed E-state index contributed by atoms with van der Waals surface area (Å²) < 4.78 is 16.0. The molecule has 146 valence electrons. The van der Waals surface area contributed by atoms with Crippen molar-refractivity contribution < 1.29 is 33.7 Å². The van der Waals surface area contributed by atoms with Crippen LogP contribution in [0, 0.1) is 22.7 Å². The standard InChI is InChI=1S/C20H24O7/c1-9(17(23)25-4)15-11-5-13-16-19(2,12(11)6-14(22)27-15)7-10(21)8-20(16,3)18(24)26-13/h5-6,9-10,13,15-16,21H,7-8H2,1-4H3/t9?,10-,13?,15?,16?,19+,20-/m0/s1. The number of aliphatic hydroxyl groups excluding tert-OH is 1. The van der Waals surface area contributed by atoms with Crippen LogP contribution in [0.3, 0.4) is 0 Å². The Balaban J connectivity index is 1.87. The molecule has 2 heterocycles. The molecule has 0 amide bonds. The fourth-order valence-electron chi connectivity index (χ4n) is 5.79. The molecule has 27 heavy (non-hydrogen) atoms. The van der Waals surface area contributed by atoms with Gasteiger partial charge in [0.25, 0.3) is 0 Å². The Hall–Kier alpha value is -2.15. The first-order chi connectivity index (χ1) is 12.6. The van der Waals surface area contributed by atoms with Gasteiger partial charge in [-0.1, -0.05) is 6.92 Å². The monoisotopic (exact) mass is 376 g/mol. The number of aliphatic hydroxyl groups is 1. The number of hydrogen-bond donors (Lipinski definition) is 1. The van der Waals surface area contributed by atoms with Crippen LogP contribution in [0.1, 0.15) is 33.6 Å². The van der Waals surface area contributed by atoms with Gasteiger partial charge in [-0.2, -0.15) is 0 Å². The van der Waals surface area contributed by atoms with E-state index in [1.54, 1.807) is 6.92 Å². The second-order valence-corrected chi connectivity index (χ2v) is 8.59. The molecule has 0 spiro atoms. The molecular formula is C20H24O7. The molecule has 0 bridgehead atoms. The molecule has 0 aromatic carbocycles. The van der Waals surface area contributed by atoms with Crippen molar-refractivity contribution in [2.24, 2.45) is 22.7 Å². The average Bonchev–Trinajstić information content (AvgIpc) is 2.84. The van der Waals surface area contributed by atoms with Crippen molar-refractivity contribution in [3.05, 3.63) is 23.3 Å². The Bertz CT molecular complexity index is 796. The molecule has 7 heteroatoms. The van der Waals surface area contributed by atoms with E-state index in [0.717, 1.165) is 5.57 Å². The maximum Gasteiger partial charge on any atom is 0.331 e. The molecule has 4 rings (SSSR count). The van der Waals surface area contributed by atoms with Crippen molar-refractivity contribution in [3.8, 4) is 0 Å². The lowest BCUT2D eigenvalue weighted by atomic mass is 9.49. The molecule has 0 aromatic heterocycles.